The van der Waals surface area contributed by atoms with Crippen LogP contribution >= 0.6 is 0 Å². The van der Waals surface area contributed by atoms with E-state index in [2.05, 4.69) is 15.6 Å². The molecule has 1 amide bonds. The van der Waals surface area contributed by atoms with Crippen LogP contribution in [0.4, 0.5) is 24.5 Å². The number of amides is 1. The van der Waals surface area contributed by atoms with Crippen LogP contribution in [0.1, 0.15) is 40.4 Å². The number of aromatic amines is 1. The highest BCUT2D eigenvalue weighted by molar-refractivity contribution is 6.08. The molecule has 0 spiro atoms. The van der Waals surface area contributed by atoms with Crippen LogP contribution in [-0.2, 0) is 19.1 Å². The molecule has 3 rings (SSSR count). The van der Waals surface area contributed by atoms with E-state index in [-0.39, 0.29) is 16.8 Å². The Morgan fingerprint density at radius 3 is 2.58 bits per heavy atom. The van der Waals surface area contributed by atoms with Crippen molar-refractivity contribution in [3.05, 3.63) is 93.4 Å². The Kier molecular flexibility index (Phi) is 6.79. The summed E-state index contributed by atoms with van der Waals surface area (Å²) in [7, 11) is 0. The number of benzene rings is 2. The number of halogens is 3. The minimum atomic E-state index is -4.49. The van der Waals surface area contributed by atoms with E-state index in [0.29, 0.717) is 24.2 Å². The molecular weight excluding hydrogens is 407 g/mol. The highest BCUT2D eigenvalue weighted by Gasteiger charge is 2.30. The van der Waals surface area contributed by atoms with Gasteiger partial charge in [-0.05, 0) is 48.4 Å². The van der Waals surface area contributed by atoms with Crippen molar-refractivity contribution >= 4 is 17.3 Å². The lowest BCUT2D eigenvalue weighted by Crippen LogP contribution is -2.16. The number of aromatic nitrogens is 1. The molecule has 31 heavy (non-hydrogen) atoms. The zero-order valence-electron chi connectivity index (χ0n) is 16.8. The van der Waals surface area contributed by atoms with E-state index in [0.717, 1.165) is 24.1 Å². The molecule has 2 aromatic carbocycles. The van der Waals surface area contributed by atoms with Crippen LogP contribution in [0.3, 0.4) is 0 Å². The second kappa shape index (κ2) is 9.51. The second-order valence-corrected chi connectivity index (χ2v) is 7.04. The van der Waals surface area contributed by atoms with Gasteiger partial charge in [-0.1, -0.05) is 31.5 Å². The fourth-order valence-corrected chi connectivity index (χ4v) is 3.14. The van der Waals surface area contributed by atoms with Crippen molar-refractivity contribution in [2.24, 2.45) is 0 Å². The summed E-state index contributed by atoms with van der Waals surface area (Å²) in [6, 6.07) is 13.0. The first-order chi connectivity index (χ1) is 14.8. The number of H-pyrrole nitrogens is 1. The Morgan fingerprint density at radius 1 is 1.06 bits per heavy atom. The van der Waals surface area contributed by atoms with Gasteiger partial charge in [-0.3, -0.25) is 9.59 Å². The van der Waals surface area contributed by atoms with Gasteiger partial charge in [0.25, 0.3) is 11.5 Å². The molecule has 8 heteroatoms. The smallest absolute Gasteiger partial charge is 0.380 e. The van der Waals surface area contributed by atoms with Crippen LogP contribution in [0.5, 0.6) is 0 Å². The van der Waals surface area contributed by atoms with E-state index >= 15 is 0 Å². The van der Waals surface area contributed by atoms with E-state index in [1.807, 2.05) is 13.0 Å². The largest absolute Gasteiger partial charge is 0.416 e. The number of rotatable bonds is 7. The zero-order chi connectivity index (χ0) is 22.4. The number of para-hydroxylation sites is 1. The van der Waals surface area contributed by atoms with Crippen LogP contribution in [0.15, 0.2) is 65.6 Å². The van der Waals surface area contributed by atoms with Crippen LogP contribution in [-0.4, -0.2) is 10.9 Å². The molecule has 1 heterocycles. The van der Waals surface area contributed by atoms with Gasteiger partial charge in [0, 0.05) is 29.7 Å². The van der Waals surface area contributed by atoms with Gasteiger partial charge in [-0.25, -0.2) is 0 Å². The number of carbonyl (C=O) groups is 1. The molecule has 0 radical (unpaired) electrons. The number of pyridine rings is 1. The van der Waals surface area contributed by atoms with E-state index in [9.17, 15) is 22.8 Å². The summed E-state index contributed by atoms with van der Waals surface area (Å²) in [5.74, 6) is -0.532. The van der Waals surface area contributed by atoms with Crippen LogP contribution < -0.4 is 16.2 Å². The van der Waals surface area contributed by atoms with Crippen molar-refractivity contribution in [2.45, 2.75) is 32.5 Å². The summed E-state index contributed by atoms with van der Waals surface area (Å²) in [5, 5.41) is 5.67. The lowest BCUT2D eigenvalue weighted by Gasteiger charge is -2.14. The first-order valence-corrected chi connectivity index (χ1v) is 9.80. The van der Waals surface area contributed by atoms with Crippen LogP contribution in [0.25, 0.3) is 0 Å². The van der Waals surface area contributed by atoms with Crippen molar-refractivity contribution in [2.75, 3.05) is 10.6 Å². The van der Waals surface area contributed by atoms with Crippen molar-refractivity contribution in [3.8, 4) is 0 Å². The molecule has 0 saturated carbocycles. The van der Waals surface area contributed by atoms with E-state index in [4.69, 9.17) is 0 Å². The lowest BCUT2D eigenvalue weighted by atomic mass is 10.1. The number of alkyl halides is 3. The fraction of sp³-hybridized carbons (Fsp3) is 0.217. The molecule has 3 aromatic rings. The molecule has 0 aliphatic heterocycles. The molecule has 5 nitrogen and oxygen atoms in total. The van der Waals surface area contributed by atoms with Crippen LogP contribution in [0, 0.1) is 0 Å². The minimum Gasteiger partial charge on any atom is -0.380 e. The number of carbonyl (C=O) groups excluding carboxylic acids is 1. The topological polar surface area (TPSA) is 74.0 Å². The normalized spacial score (nSPS) is 11.2. The maximum absolute atomic E-state index is 12.9. The summed E-state index contributed by atoms with van der Waals surface area (Å²) >= 11 is 0. The lowest BCUT2D eigenvalue weighted by molar-refractivity contribution is -0.137. The van der Waals surface area contributed by atoms with Gasteiger partial charge in [0.2, 0.25) is 0 Å². The molecule has 0 unspecified atom stereocenters. The summed E-state index contributed by atoms with van der Waals surface area (Å²) in [6.45, 7) is 2.35. The number of hydrogen-bond acceptors (Lipinski definition) is 3. The van der Waals surface area contributed by atoms with Crippen molar-refractivity contribution < 1.29 is 18.0 Å². The predicted octanol–water partition coefficient (Wildman–Crippen LogP) is 5.21. The van der Waals surface area contributed by atoms with E-state index in [1.54, 1.807) is 30.5 Å². The molecule has 0 atom stereocenters. The van der Waals surface area contributed by atoms with E-state index in [1.165, 1.54) is 12.1 Å². The SMILES string of the molecule is CCCc1cc(CNc2ccccc2C(=O)Nc2cccc(C(F)(F)F)c2)c[nH]c1=O. The monoisotopic (exact) mass is 429 g/mol. The number of hydrogen-bond donors (Lipinski definition) is 3. The Bertz CT molecular complexity index is 1120. The minimum absolute atomic E-state index is 0.0551. The Labute approximate surface area is 177 Å². The Morgan fingerprint density at radius 2 is 1.84 bits per heavy atom. The summed E-state index contributed by atoms with van der Waals surface area (Å²) in [4.78, 5) is 27.3. The third-order valence-electron chi connectivity index (χ3n) is 4.66. The highest BCUT2D eigenvalue weighted by Crippen LogP contribution is 2.31. The quantitative estimate of drug-likeness (QED) is 0.483. The second-order valence-electron chi connectivity index (χ2n) is 7.04. The molecule has 0 aliphatic rings. The zero-order valence-corrected chi connectivity index (χ0v) is 16.8. The Hall–Kier alpha value is -3.55. The average molecular weight is 429 g/mol. The van der Waals surface area contributed by atoms with Crippen molar-refractivity contribution in [3.63, 3.8) is 0 Å². The van der Waals surface area contributed by atoms with Gasteiger partial charge in [0.1, 0.15) is 0 Å². The molecule has 1 aromatic heterocycles. The molecule has 0 aliphatic carbocycles. The summed E-state index contributed by atoms with van der Waals surface area (Å²) < 4.78 is 38.7. The molecule has 162 valence electrons. The van der Waals surface area contributed by atoms with Gasteiger partial charge < -0.3 is 15.6 Å². The first kappa shape index (κ1) is 22.1. The molecular formula is C23H22F3N3O2. The van der Waals surface area contributed by atoms with Gasteiger partial charge in [-0.15, -0.1) is 0 Å². The highest BCUT2D eigenvalue weighted by atomic mass is 19.4. The number of nitrogens with one attached hydrogen (secondary N) is 3. The molecule has 0 bridgehead atoms. The third kappa shape index (κ3) is 5.75. The molecule has 0 saturated heterocycles. The standard InChI is InChI=1S/C23H22F3N3O2/c1-2-6-16-11-15(14-28-21(16)30)13-27-20-10-4-3-9-19(20)22(31)29-18-8-5-7-17(12-18)23(24,25)26/h3-5,7-12,14,27H,2,6,13H2,1H3,(H,28,30)(H,29,31). The van der Waals surface area contributed by atoms with E-state index < -0.39 is 17.6 Å². The van der Waals surface area contributed by atoms with Gasteiger partial charge in [-0.2, -0.15) is 13.2 Å². The molecule has 3 N–H and O–H groups in total. The number of anilines is 2. The predicted molar refractivity (Wildman–Crippen MR) is 114 cm³/mol. The fourth-order valence-electron chi connectivity index (χ4n) is 3.14. The van der Waals surface area contributed by atoms with Gasteiger partial charge >= 0.3 is 6.18 Å². The average Bonchev–Trinajstić information content (AvgIpc) is 2.74. The summed E-state index contributed by atoms with van der Waals surface area (Å²) in [5.41, 5.74) is 1.45. The van der Waals surface area contributed by atoms with Crippen molar-refractivity contribution in [1.82, 2.24) is 4.98 Å². The maximum atomic E-state index is 12.9. The van der Waals surface area contributed by atoms with Gasteiger partial charge in [0.15, 0.2) is 0 Å². The Balaban J connectivity index is 1.75. The molecule has 0 fully saturated rings. The maximum Gasteiger partial charge on any atom is 0.416 e. The van der Waals surface area contributed by atoms with Crippen molar-refractivity contribution in [1.29, 1.82) is 0 Å². The first-order valence-electron chi connectivity index (χ1n) is 9.80. The van der Waals surface area contributed by atoms with Crippen LogP contribution in [0.2, 0.25) is 0 Å². The third-order valence-corrected chi connectivity index (χ3v) is 4.66. The number of aryl methyl sites for hydroxylation is 1. The van der Waals surface area contributed by atoms with Gasteiger partial charge in [0.05, 0.1) is 11.1 Å². The summed E-state index contributed by atoms with van der Waals surface area (Å²) in [6.07, 6.45) is -1.37.